The van der Waals surface area contributed by atoms with E-state index in [0.717, 1.165) is 12.0 Å². The first-order valence-corrected chi connectivity index (χ1v) is 6.64. The third-order valence-corrected chi connectivity index (χ3v) is 3.56. The molecule has 18 heavy (non-hydrogen) atoms. The summed E-state index contributed by atoms with van der Waals surface area (Å²) in [5.74, 6) is 0.423. The lowest BCUT2D eigenvalue weighted by Crippen LogP contribution is -2.16. The van der Waals surface area contributed by atoms with Crippen molar-refractivity contribution >= 4 is 5.78 Å². The normalized spacial score (nSPS) is 11.9. The average molecular weight is 248 g/mol. The van der Waals surface area contributed by atoms with Crippen molar-refractivity contribution in [2.45, 2.75) is 52.9 Å². The molecule has 0 heterocycles. The summed E-state index contributed by atoms with van der Waals surface area (Å²) in [6.07, 6.45) is 1.47. The van der Waals surface area contributed by atoms with Gasteiger partial charge in [0.2, 0.25) is 0 Å². The molecule has 1 aromatic carbocycles. The van der Waals surface area contributed by atoms with Gasteiger partial charge in [0, 0.05) is 6.42 Å². The molecule has 0 unspecified atom stereocenters. The van der Waals surface area contributed by atoms with E-state index in [1.54, 1.807) is 6.07 Å². The second-order valence-corrected chi connectivity index (χ2v) is 5.99. The van der Waals surface area contributed by atoms with Crippen molar-refractivity contribution in [2.75, 3.05) is 0 Å². The number of phenolic OH excluding ortho intramolecular Hbond substituents is 1. The van der Waals surface area contributed by atoms with Crippen molar-refractivity contribution in [3.8, 4) is 5.75 Å². The van der Waals surface area contributed by atoms with Crippen LogP contribution in [0.3, 0.4) is 0 Å². The van der Waals surface area contributed by atoms with Gasteiger partial charge in [-0.25, -0.2) is 0 Å². The second kappa shape index (κ2) is 5.55. The van der Waals surface area contributed by atoms with E-state index in [-0.39, 0.29) is 16.9 Å². The molecule has 0 aliphatic rings. The summed E-state index contributed by atoms with van der Waals surface area (Å²) >= 11 is 0. The lowest BCUT2D eigenvalue weighted by atomic mass is 9.81. The van der Waals surface area contributed by atoms with Crippen LogP contribution in [-0.2, 0) is 5.41 Å². The molecular weight excluding hydrogens is 224 g/mol. The molecule has 0 bridgehead atoms. The first-order chi connectivity index (χ1) is 8.27. The molecule has 0 saturated carbocycles. The summed E-state index contributed by atoms with van der Waals surface area (Å²) in [7, 11) is 0. The van der Waals surface area contributed by atoms with E-state index in [2.05, 4.69) is 20.8 Å². The topological polar surface area (TPSA) is 37.3 Å². The molecule has 0 radical (unpaired) electrons. The molecule has 1 rings (SSSR count). The fourth-order valence-corrected chi connectivity index (χ4v) is 1.87. The van der Waals surface area contributed by atoms with Gasteiger partial charge in [-0.2, -0.15) is 0 Å². The van der Waals surface area contributed by atoms with E-state index >= 15 is 0 Å². The highest BCUT2D eigenvalue weighted by atomic mass is 16.3. The molecule has 2 nitrogen and oxygen atoms in total. The van der Waals surface area contributed by atoms with E-state index in [9.17, 15) is 9.90 Å². The van der Waals surface area contributed by atoms with Crippen molar-refractivity contribution in [2.24, 2.45) is 5.92 Å². The first kappa shape index (κ1) is 14.7. The quantitative estimate of drug-likeness (QED) is 0.788. The highest BCUT2D eigenvalue weighted by molar-refractivity contribution is 5.98. The Morgan fingerprint density at radius 1 is 1.33 bits per heavy atom. The monoisotopic (exact) mass is 248 g/mol. The first-order valence-electron chi connectivity index (χ1n) is 6.64. The number of rotatable bonds is 5. The van der Waals surface area contributed by atoms with Crippen LogP contribution < -0.4 is 0 Å². The van der Waals surface area contributed by atoms with Crippen LogP contribution in [0.5, 0.6) is 5.75 Å². The van der Waals surface area contributed by atoms with Crippen LogP contribution in [-0.4, -0.2) is 10.9 Å². The van der Waals surface area contributed by atoms with E-state index < -0.39 is 0 Å². The van der Waals surface area contributed by atoms with Gasteiger partial charge in [-0.05, 0) is 35.4 Å². The Balaban J connectivity index is 3.13. The van der Waals surface area contributed by atoms with Crippen LogP contribution in [0.1, 0.15) is 63.4 Å². The van der Waals surface area contributed by atoms with Gasteiger partial charge in [0.15, 0.2) is 5.78 Å². The largest absolute Gasteiger partial charge is 0.507 e. The molecule has 0 fully saturated rings. The molecule has 0 amide bonds. The molecule has 1 aromatic rings. The van der Waals surface area contributed by atoms with Gasteiger partial charge < -0.3 is 5.11 Å². The molecule has 0 aliphatic heterocycles. The Bertz CT molecular complexity index is 431. The molecule has 0 atom stereocenters. The van der Waals surface area contributed by atoms with Crippen molar-refractivity contribution in [1.29, 1.82) is 0 Å². The number of phenols is 1. The minimum atomic E-state index is 0.0243. The highest BCUT2D eigenvalue weighted by Gasteiger charge is 2.21. The summed E-state index contributed by atoms with van der Waals surface area (Å²) in [5, 5.41) is 9.84. The molecule has 0 aromatic heterocycles. The van der Waals surface area contributed by atoms with Crippen LogP contribution in [0, 0.1) is 5.92 Å². The van der Waals surface area contributed by atoms with Gasteiger partial charge in [-0.1, -0.05) is 40.7 Å². The van der Waals surface area contributed by atoms with Gasteiger partial charge in [0.1, 0.15) is 5.75 Å². The van der Waals surface area contributed by atoms with Crippen LogP contribution in [0.4, 0.5) is 0 Å². The molecule has 2 heteroatoms. The Labute approximate surface area is 110 Å². The third kappa shape index (κ3) is 3.34. The summed E-state index contributed by atoms with van der Waals surface area (Å²) in [6.45, 7) is 10.4. The van der Waals surface area contributed by atoms with E-state index in [1.807, 2.05) is 26.0 Å². The zero-order valence-electron chi connectivity index (χ0n) is 12.1. The fourth-order valence-electron chi connectivity index (χ4n) is 1.87. The molecule has 100 valence electrons. The minimum absolute atomic E-state index is 0.0243. The summed E-state index contributed by atoms with van der Waals surface area (Å²) in [5.41, 5.74) is 1.60. The predicted molar refractivity (Wildman–Crippen MR) is 75.2 cm³/mol. The average Bonchev–Trinajstić information content (AvgIpc) is 2.28. The van der Waals surface area contributed by atoms with Gasteiger partial charge in [0.05, 0.1) is 5.56 Å². The number of carbonyl (C=O) groups is 1. The van der Waals surface area contributed by atoms with E-state index in [0.29, 0.717) is 17.9 Å². The lowest BCUT2D eigenvalue weighted by Gasteiger charge is -2.24. The number of aromatic hydroxyl groups is 1. The van der Waals surface area contributed by atoms with Crippen LogP contribution in [0.2, 0.25) is 0 Å². The number of ketones is 1. The second-order valence-electron chi connectivity index (χ2n) is 5.99. The predicted octanol–water partition coefficient (Wildman–Crippen LogP) is 4.31. The van der Waals surface area contributed by atoms with E-state index in [1.165, 1.54) is 0 Å². The van der Waals surface area contributed by atoms with Crippen molar-refractivity contribution in [3.63, 3.8) is 0 Å². The third-order valence-electron chi connectivity index (χ3n) is 3.56. The molecule has 0 aliphatic carbocycles. The highest BCUT2D eigenvalue weighted by Crippen LogP contribution is 2.31. The molecular formula is C16H24O2. The van der Waals surface area contributed by atoms with Gasteiger partial charge in [0.25, 0.3) is 0 Å². The van der Waals surface area contributed by atoms with Gasteiger partial charge >= 0.3 is 0 Å². The maximum atomic E-state index is 12.1. The zero-order valence-corrected chi connectivity index (χ0v) is 12.1. The minimum Gasteiger partial charge on any atom is -0.507 e. The van der Waals surface area contributed by atoms with Crippen molar-refractivity contribution in [3.05, 3.63) is 29.3 Å². The summed E-state index contributed by atoms with van der Waals surface area (Å²) < 4.78 is 0. The Morgan fingerprint density at radius 3 is 2.44 bits per heavy atom. The number of hydrogen-bond donors (Lipinski definition) is 1. The molecule has 1 N–H and O–H groups in total. The van der Waals surface area contributed by atoms with Gasteiger partial charge in [-0.15, -0.1) is 0 Å². The standard InChI is InChI=1S/C16H24O2/c1-6-16(4,5)12-7-8-14(17)13(10-12)15(18)9-11(2)3/h7-8,10-11,17H,6,9H2,1-5H3. The zero-order chi connectivity index (χ0) is 13.9. The van der Waals surface area contributed by atoms with Crippen LogP contribution >= 0.6 is 0 Å². The lowest BCUT2D eigenvalue weighted by molar-refractivity contribution is 0.0965. The van der Waals surface area contributed by atoms with E-state index in [4.69, 9.17) is 0 Å². The Hall–Kier alpha value is -1.31. The van der Waals surface area contributed by atoms with Gasteiger partial charge in [-0.3, -0.25) is 4.79 Å². The number of Topliss-reactive ketones (excluding diaryl/α,β-unsaturated/α-hetero) is 1. The Morgan fingerprint density at radius 2 is 1.94 bits per heavy atom. The van der Waals surface area contributed by atoms with Crippen molar-refractivity contribution in [1.82, 2.24) is 0 Å². The maximum Gasteiger partial charge on any atom is 0.166 e. The number of benzene rings is 1. The SMILES string of the molecule is CCC(C)(C)c1ccc(O)c(C(=O)CC(C)C)c1. The smallest absolute Gasteiger partial charge is 0.166 e. The molecule has 0 saturated heterocycles. The summed E-state index contributed by atoms with van der Waals surface area (Å²) in [4.78, 5) is 12.1. The number of hydrogen-bond acceptors (Lipinski definition) is 2. The number of carbonyl (C=O) groups excluding carboxylic acids is 1. The Kier molecular flexibility index (Phi) is 4.55. The summed E-state index contributed by atoms with van der Waals surface area (Å²) in [6, 6.07) is 5.40. The maximum absolute atomic E-state index is 12.1. The van der Waals surface area contributed by atoms with Crippen LogP contribution in [0.15, 0.2) is 18.2 Å². The fraction of sp³-hybridized carbons (Fsp3) is 0.562. The molecule has 0 spiro atoms. The van der Waals surface area contributed by atoms with Crippen LogP contribution in [0.25, 0.3) is 0 Å². The van der Waals surface area contributed by atoms with Crippen molar-refractivity contribution < 1.29 is 9.90 Å².